The van der Waals surface area contributed by atoms with Crippen molar-refractivity contribution < 1.29 is 27.9 Å². The number of β-amino-alcohol motifs (C(OH)–C–C–N with tert-alkyl or cyclic N) is 1. The molecule has 1 atom stereocenters. The molecule has 1 aliphatic heterocycles. The molecule has 0 saturated carbocycles. The summed E-state index contributed by atoms with van der Waals surface area (Å²) in [5.74, 6) is -0.191. The molecule has 200 valence electrons. The molecular weight excluding hydrogens is 505 g/mol. The number of carbonyl (C=O) groups is 2. The van der Waals surface area contributed by atoms with Crippen molar-refractivity contribution >= 4 is 35.1 Å². The number of hydrogen-bond acceptors (Lipinski definition) is 7. The van der Waals surface area contributed by atoms with Crippen molar-refractivity contribution in [2.24, 2.45) is 10.7 Å². The number of allylic oxidation sites excluding steroid dienone is 1. The molecule has 38 heavy (non-hydrogen) atoms. The van der Waals surface area contributed by atoms with Crippen LogP contribution in [0.3, 0.4) is 0 Å². The number of nitrogens with two attached hydrogens (primary N) is 1. The van der Waals surface area contributed by atoms with Gasteiger partial charge in [0.1, 0.15) is 12.6 Å². The zero-order valence-electron chi connectivity index (χ0n) is 20.2. The van der Waals surface area contributed by atoms with E-state index in [1.54, 1.807) is 59.5 Å². The minimum absolute atomic E-state index is 0.191. The number of urea groups is 1. The number of aromatic nitrogens is 3. The van der Waals surface area contributed by atoms with Crippen LogP contribution in [-0.4, -0.2) is 80.7 Å². The maximum atomic E-state index is 12.3. The van der Waals surface area contributed by atoms with Crippen molar-refractivity contribution in [3.8, 4) is 11.3 Å². The summed E-state index contributed by atoms with van der Waals surface area (Å²) in [5, 5.41) is 17.9. The molecule has 1 aliphatic rings. The second kappa shape index (κ2) is 10.9. The molecular formula is C24H25F3N8O3. The molecule has 0 aliphatic carbocycles. The lowest BCUT2D eigenvalue weighted by atomic mass is 10.1. The number of halogens is 3. The van der Waals surface area contributed by atoms with Crippen LogP contribution in [0.2, 0.25) is 0 Å². The van der Waals surface area contributed by atoms with Gasteiger partial charge in [-0.15, -0.1) is 0 Å². The highest BCUT2D eigenvalue weighted by molar-refractivity contribution is 6.10. The molecule has 0 spiro atoms. The molecule has 1 unspecified atom stereocenters. The topological polar surface area (TPSA) is 150 Å². The quantitative estimate of drug-likeness (QED) is 0.344. The summed E-state index contributed by atoms with van der Waals surface area (Å²) >= 11 is 0. The average Bonchev–Trinajstić information content (AvgIpc) is 3.28. The van der Waals surface area contributed by atoms with Gasteiger partial charge in [-0.3, -0.25) is 9.79 Å². The van der Waals surface area contributed by atoms with Gasteiger partial charge < -0.3 is 26.4 Å². The Morgan fingerprint density at radius 2 is 2.05 bits per heavy atom. The standard InChI is InChI=1S/C24H25F3N8O3/c1-14(22(37)34-11-19(36)12-34)29-8-17(7-28)16-6-21-30-10-20(35(21)32-9-16)15-3-2-4-18(5-15)33-23(38)31-13-24(25,26)27/h2-10,14,19,36H,11-13,28H2,1H3,(H2,31,33,38)/b17-7+,29-8?. The third-order valence-electron chi connectivity index (χ3n) is 5.71. The first-order valence-electron chi connectivity index (χ1n) is 11.5. The van der Waals surface area contributed by atoms with E-state index in [1.165, 1.54) is 17.3 Å². The van der Waals surface area contributed by atoms with E-state index in [0.29, 0.717) is 41.1 Å². The number of aliphatic hydroxyl groups is 1. The second-order valence-corrected chi connectivity index (χ2v) is 8.63. The van der Waals surface area contributed by atoms with Crippen molar-refractivity contribution in [3.63, 3.8) is 0 Å². The number of nitrogens with zero attached hydrogens (tertiary/aromatic N) is 5. The van der Waals surface area contributed by atoms with E-state index >= 15 is 0 Å². The van der Waals surface area contributed by atoms with Gasteiger partial charge in [-0.25, -0.2) is 14.3 Å². The molecule has 3 amide bonds. The number of alkyl halides is 3. The summed E-state index contributed by atoms with van der Waals surface area (Å²) in [4.78, 5) is 34.3. The largest absolute Gasteiger partial charge is 0.405 e. The first-order valence-corrected chi connectivity index (χ1v) is 11.5. The van der Waals surface area contributed by atoms with E-state index in [9.17, 15) is 27.9 Å². The molecule has 0 radical (unpaired) electrons. The van der Waals surface area contributed by atoms with E-state index in [2.05, 4.69) is 20.4 Å². The minimum Gasteiger partial charge on any atom is -0.404 e. The smallest absolute Gasteiger partial charge is 0.404 e. The highest BCUT2D eigenvalue weighted by atomic mass is 19.4. The van der Waals surface area contributed by atoms with Crippen molar-refractivity contribution in [1.29, 1.82) is 0 Å². The number of hydrogen-bond donors (Lipinski definition) is 4. The van der Waals surface area contributed by atoms with Gasteiger partial charge in [0.15, 0.2) is 5.65 Å². The van der Waals surface area contributed by atoms with Crippen LogP contribution in [0.4, 0.5) is 23.7 Å². The minimum atomic E-state index is -4.51. The Bertz CT molecular complexity index is 1400. The number of aliphatic hydroxyl groups excluding tert-OH is 1. The van der Waals surface area contributed by atoms with E-state index < -0.39 is 30.9 Å². The van der Waals surface area contributed by atoms with Crippen LogP contribution in [0.15, 0.2) is 53.9 Å². The first kappa shape index (κ1) is 26.6. The molecule has 3 heterocycles. The first-order chi connectivity index (χ1) is 18.0. The molecule has 2 aromatic heterocycles. The van der Waals surface area contributed by atoms with E-state index in [1.807, 2.05) is 0 Å². The van der Waals surface area contributed by atoms with E-state index in [-0.39, 0.29) is 11.6 Å². The molecule has 0 bridgehead atoms. The fraction of sp³-hybridized carbons (Fsp3) is 0.292. The molecule has 14 heteroatoms. The molecule has 1 saturated heterocycles. The van der Waals surface area contributed by atoms with Gasteiger partial charge in [-0.2, -0.15) is 18.3 Å². The zero-order chi connectivity index (χ0) is 27.4. The van der Waals surface area contributed by atoms with Gasteiger partial charge in [0.2, 0.25) is 5.91 Å². The van der Waals surface area contributed by atoms with Crippen LogP contribution in [0, 0.1) is 0 Å². The SMILES string of the molecule is CC(N=C/C(=C\N)c1cnn2c(-c3cccc(NC(=O)NCC(F)(F)F)c3)cnc2c1)C(=O)N1CC(O)C1. The third-order valence-corrected chi connectivity index (χ3v) is 5.71. The lowest BCUT2D eigenvalue weighted by Gasteiger charge is -2.36. The van der Waals surface area contributed by atoms with Gasteiger partial charge in [0.25, 0.3) is 0 Å². The van der Waals surface area contributed by atoms with Crippen LogP contribution >= 0.6 is 0 Å². The summed E-state index contributed by atoms with van der Waals surface area (Å²) in [6.45, 7) is 0.805. The maximum Gasteiger partial charge on any atom is 0.405 e. The summed E-state index contributed by atoms with van der Waals surface area (Å²) in [5.41, 5.74) is 8.87. The van der Waals surface area contributed by atoms with Gasteiger partial charge in [-0.1, -0.05) is 12.1 Å². The van der Waals surface area contributed by atoms with Crippen LogP contribution < -0.4 is 16.4 Å². The van der Waals surface area contributed by atoms with Crippen LogP contribution in [0.5, 0.6) is 0 Å². The van der Waals surface area contributed by atoms with Crippen molar-refractivity contribution in [2.75, 3.05) is 25.0 Å². The lowest BCUT2D eigenvalue weighted by molar-refractivity contribution is -0.142. The number of rotatable bonds is 7. The Balaban J connectivity index is 1.48. The van der Waals surface area contributed by atoms with Crippen LogP contribution in [0.1, 0.15) is 12.5 Å². The van der Waals surface area contributed by atoms with Crippen molar-refractivity contribution in [1.82, 2.24) is 24.8 Å². The fourth-order valence-electron chi connectivity index (χ4n) is 3.71. The summed E-state index contributed by atoms with van der Waals surface area (Å²) in [6.07, 6.45) is 0.928. The summed E-state index contributed by atoms with van der Waals surface area (Å²) < 4.78 is 38.5. The number of benzene rings is 1. The zero-order valence-corrected chi connectivity index (χ0v) is 20.2. The third kappa shape index (κ3) is 6.26. The molecule has 3 aromatic rings. The van der Waals surface area contributed by atoms with Gasteiger partial charge in [0.05, 0.1) is 24.2 Å². The molecule has 11 nitrogen and oxygen atoms in total. The number of aliphatic imine (C=N–C) groups is 1. The average molecular weight is 531 g/mol. The number of anilines is 1. The van der Waals surface area contributed by atoms with E-state index in [0.717, 1.165) is 0 Å². The van der Waals surface area contributed by atoms with Gasteiger partial charge in [-0.05, 0) is 25.1 Å². The predicted molar refractivity (Wildman–Crippen MR) is 134 cm³/mol. The van der Waals surface area contributed by atoms with Gasteiger partial charge in [0, 0.05) is 47.9 Å². The van der Waals surface area contributed by atoms with Crippen LogP contribution in [-0.2, 0) is 4.79 Å². The highest BCUT2D eigenvalue weighted by Gasteiger charge is 2.31. The number of nitrogens with one attached hydrogen (secondary N) is 2. The van der Waals surface area contributed by atoms with Crippen molar-refractivity contribution in [3.05, 3.63) is 54.5 Å². The molecule has 1 fully saturated rings. The summed E-state index contributed by atoms with van der Waals surface area (Å²) in [7, 11) is 0. The molecule has 5 N–H and O–H groups in total. The van der Waals surface area contributed by atoms with E-state index in [4.69, 9.17) is 5.73 Å². The molecule has 1 aromatic carbocycles. The number of fused-ring (bicyclic) bond motifs is 1. The number of likely N-dealkylation sites (tertiary alicyclic amines) is 1. The number of imidazole rings is 1. The molecule has 4 rings (SSSR count). The Labute approximate surface area is 214 Å². The predicted octanol–water partition coefficient (Wildman–Crippen LogP) is 2.04. The van der Waals surface area contributed by atoms with Crippen molar-refractivity contribution in [2.45, 2.75) is 25.2 Å². The lowest BCUT2D eigenvalue weighted by Crippen LogP contribution is -2.55. The Morgan fingerprint density at radius 1 is 1.29 bits per heavy atom. The Morgan fingerprint density at radius 3 is 2.74 bits per heavy atom. The highest BCUT2D eigenvalue weighted by Crippen LogP contribution is 2.24. The maximum absolute atomic E-state index is 12.3. The normalized spacial score (nSPS) is 15.5. The second-order valence-electron chi connectivity index (χ2n) is 8.63. The number of amides is 3. The Hall–Kier alpha value is -4.46. The Kier molecular flexibility index (Phi) is 7.62. The fourth-order valence-corrected chi connectivity index (χ4v) is 3.71. The number of carbonyl (C=O) groups excluding carboxylic acids is 2. The van der Waals surface area contributed by atoms with Crippen LogP contribution in [0.25, 0.3) is 22.5 Å². The van der Waals surface area contributed by atoms with Gasteiger partial charge >= 0.3 is 12.2 Å². The monoisotopic (exact) mass is 530 g/mol. The summed E-state index contributed by atoms with van der Waals surface area (Å²) in [6, 6.07) is 6.60.